The van der Waals surface area contributed by atoms with Crippen LogP contribution in [0, 0.1) is 5.82 Å². The molecule has 0 bridgehead atoms. The molecule has 4 heteroatoms. The number of rotatable bonds is 5. The first kappa shape index (κ1) is 15.3. The van der Waals surface area contributed by atoms with E-state index in [0.717, 1.165) is 16.7 Å². The maximum absolute atomic E-state index is 13.7. The highest BCUT2D eigenvalue weighted by Gasteiger charge is 2.13. The van der Waals surface area contributed by atoms with Crippen LogP contribution in [-0.4, -0.2) is 21.3 Å². The molecule has 0 saturated heterocycles. The Morgan fingerprint density at radius 2 is 1.62 bits per heavy atom. The van der Waals surface area contributed by atoms with E-state index >= 15 is 0 Å². The lowest BCUT2D eigenvalue weighted by atomic mass is 9.95. The minimum atomic E-state index is -0.265. The van der Waals surface area contributed by atoms with Crippen LogP contribution in [0.5, 0.6) is 11.5 Å². The van der Waals surface area contributed by atoms with Crippen LogP contribution < -0.4 is 14.8 Å². The monoisotopic (exact) mass is 289 g/mol. The van der Waals surface area contributed by atoms with Crippen molar-refractivity contribution in [2.45, 2.75) is 13.0 Å². The van der Waals surface area contributed by atoms with E-state index in [1.54, 1.807) is 26.4 Å². The third-order valence-electron chi connectivity index (χ3n) is 3.58. The molecule has 0 amide bonds. The Morgan fingerprint density at radius 3 is 2.14 bits per heavy atom. The predicted octanol–water partition coefficient (Wildman–Crippen LogP) is 3.79. The maximum Gasteiger partial charge on any atom is 0.123 e. The molecule has 2 aromatic rings. The Labute approximate surface area is 124 Å². The number of methoxy groups -OCH3 is 2. The molecule has 1 atom stereocenters. The van der Waals surface area contributed by atoms with Crippen LogP contribution in [0.1, 0.15) is 18.5 Å². The van der Waals surface area contributed by atoms with Crippen molar-refractivity contribution in [2.75, 3.05) is 21.3 Å². The smallest absolute Gasteiger partial charge is 0.123 e. The van der Waals surface area contributed by atoms with E-state index in [4.69, 9.17) is 9.47 Å². The van der Waals surface area contributed by atoms with Gasteiger partial charge in [0, 0.05) is 12.1 Å². The Kier molecular flexibility index (Phi) is 4.81. The first-order valence-corrected chi connectivity index (χ1v) is 6.79. The van der Waals surface area contributed by atoms with Crippen LogP contribution in [0.25, 0.3) is 11.1 Å². The van der Waals surface area contributed by atoms with E-state index in [1.807, 2.05) is 26.1 Å². The van der Waals surface area contributed by atoms with Crippen molar-refractivity contribution in [3.63, 3.8) is 0 Å². The van der Waals surface area contributed by atoms with E-state index < -0.39 is 0 Å². The topological polar surface area (TPSA) is 30.5 Å². The van der Waals surface area contributed by atoms with Gasteiger partial charge in [0.25, 0.3) is 0 Å². The fourth-order valence-electron chi connectivity index (χ4n) is 2.27. The summed E-state index contributed by atoms with van der Waals surface area (Å²) in [6, 6.07) is 10.5. The third-order valence-corrected chi connectivity index (χ3v) is 3.58. The van der Waals surface area contributed by atoms with Gasteiger partial charge in [-0.05, 0) is 54.9 Å². The molecule has 0 radical (unpaired) electrons. The molecule has 0 aromatic heterocycles. The van der Waals surface area contributed by atoms with Gasteiger partial charge in [-0.2, -0.15) is 0 Å². The molecule has 0 aliphatic rings. The van der Waals surface area contributed by atoms with Crippen LogP contribution in [0.2, 0.25) is 0 Å². The maximum atomic E-state index is 13.7. The molecule has 112 valence electrons. The number of nitrogens with one attached hydrogen (secondary N) is 1. The average Bonchev–Trinajstić information content (AvgIpc) is 2.53. The minimum Gasteiger partial charge on any atom is -0.497 e. The second-order valence-corrected chi connectivity index (χ2v) is 4.84. The van der Waals surface area contributed by atoms with Crippen molar-refractivity contribution in [1.29, 1.82) is 0 Å². The van der Waals surface area contributed by atoms with Crippen molar-refractivity contribution in [2.24, 2.45) is 0 Å². The molecule has 0 spiro atoms. The Morgan fingerprint density at radius 1 is 1.00 bits per heavy atom. The molecular formula is C17H20FNO2. The molecule has 3 nitrogen and oxygen atoms in total. The standard InChI is InChI=1S/C17H20FNO2/c1-11(19-2)16-6-5-13(18)9-17(16)12-7-14(20-3)10-15(8-12)21-4/h5-11,19H,1-4H3. The summed E-state index contributed by atoms with van der Waals surface area (Å²) in [6.45, 7) is 2.04. The number of ether oxygens (including phenoxy) is 2. The average molecular weight is 289 g/mol. The first-order chi connectivity index (χ1) is 10.1. The van der Waals surface area contributed by atoms with E-state index in [9.17, 15) is 4.39 Å². The number of benzene rings is 2. The van der Waals surface area contributed by atoms with E-state index in [1.165, 1.54) is 12.1 Å². The fourth-order valence-corrected chi connectivity index (χ4v) is 2.27. The zero-order chi connectivity index (χ0) is 15.4. The summed E-state index contributed by atoms with van der Waals surface area (Å²) >= 11 is 0. The van der Waals surface area contributed by atoms with E-state index in [2.05, 4.69) is 5.32 Å². The SMILES string of the molecule is CNC(C)c1ccc(F)cc1-c1cc(OC)cc(OC)c1. The van der Waals surface area contributed by atoms with Crippen molar-refractivity contribution >= 4 is 0 Å². The van der Waals surface area contributed by atoms with Gasteiger partial charge in [0.2, 0.25) is 0 Å². The van der Waals surface area contributed by atoms with Gasteiger partial charge >= 0.3 is 0 Å². The van der Waals surface area contributed by atoms with Gasteiger partial charge in [-0.1, -0.05) is 6.07 Å². The second-order valence-electron chi connectivity index (χ2n) is 4.84. The number of hydrogen-bond acceptors (Lipinski definition) is 3. The van der Waals surface area contributed by atoms with Crippen LogP contribution in [0.3, 0.4) is 0 Å². The molecule has 0 fully saturated rings. The quantitative estimate of drug-likeness (QED) is 0.908. The van der Waals surface area contributed by atoms with E-state index in [0.29, 0.717) is 11.5 Å². The van der Waals surface area contributed by atoms with Gasteiger partial charge in [-0.3, -0.25) is 0 Å². The van der Waals surface area contributed by atoms with Gasteiger partial charge in [-0.15, -0.1) is 0 Å². The fraction of sp³-hybridized carbons (Fsp3) is 0.294. The molecule has 0 saturated carbocycles. The van der Waals surface area contributed by atoms with Gasteiger partial charge in [-0.25, -0.2) is 4.39 Å². The van der Waals surface area contributed by atoms with E-state index in [-0.39, 0.29) is 11.9 Å². The van der Waals surface area contributed by atoms with Gasteiger partial charge in [0.15, 0.2) is 0 Å². The molecule has 2 rings (SSSR count). The summed E-state index contributed by atoms with van der Waals surface area (Å²) in [7, 11) is 5.08. The van der Waals surface area contributed by atoms with Crippen LogP contribution in [0.4, 0.5) is 4.39 Å². The van der Waals surface area contributed by atoms with Crippen molar-refractivity contribution < 1.29 is 13.9 Å². The molecule has 0 aliphatic heterocycles. The van der Waals surface area contributed by atoms with Gasteiger partial charge < -0.3 is 14.8 Å². The largest absolute Gasteiger partial charge is 0.497 e. The highest BCUT2D eigenvalue weighted by atomic mass is 19.1. The highest BCUT2D eigenvalue weighted by Crippen LogP contribution is 2.34. The summed E-state index contributed by atoms with van der Waals surface area (Å²) in [5, 5.41) is 3.18. The molecule has 1 N–H and O–H groups in total. The Balaban J connectivity index is 2.62. The third kappa shape index (κ3) is 3.34. The van der Waals surface area contributed by atoms with Crippen molar-refractivity contribution in [3.05, 3.63) is 47.8 Å². The molecule has 21 heavy (non-hydrogen) atoms. The Bertz CT molecular complexity index is 606. The molecule has 2 aromatic carbocycles. The zero-order valence-electron chi connectivity index (χ0n) is 12.7. The minimum absolute atomic E-state index is 0.109. The first-order valence-electron chi connectivity index (χ1n) is 6.79. The zero-order valence-corrected chi connectivity index (χ0v) is 12.7. The van der Waals surface area contributed by atoms with Crippen molar-refractivity contribution in [3.8, 4) is 22.6 Å². The van der Waals surface area contributed by atoms with Crippen LogP contribution in [0.15, 0.2) is 36.4 Å². The predicted molar refractivity (Wildman–Crippen MR) is 82.4 cm³/mol. The molecule has 0 aliphatic carbocycles. The lowest BCUT2D eigenvalue weighted by Crippen LogP contribution is -2.13. The summed E-state index contributed by atoms with van der Waals surface area (Å²) in [5.41, 5.74) is 2.71. The highest BCUT2D eigenvalue weighted by molar-refractivity contribution is 5.71. The Hall–Kier alpha value is -2.07. The number of hydrogen-bond donors (Lipinski definition) is 1. The summed E-state index contributed by atoms with van der Waals surface area (Å²) in [5.74, 6) is 1.09. The normalized spacial score (nSPS) is 12.0. The van der Waals surface area contributed by atoms with Crippen LogP contribution in [-0.2, 0) is 0 Å². The molecule has 0 heterocycles. The van der Waals surface area contributed by atoms with Gasteiger partial charge in [0.05, 0.1) is 14.2 Å². The summed E-state index contributed by atoms with van der Waals surface area (Å²) in [6.07, 6.45) is 0. The van der Waals surface area contributed by atoms with Crippen molar-refractivity contribution in [1.82, 2.24) is 5.32 Å². The lowest BCUT2D eigenvalue weighted by molar-refractivity contribution is 0.394. The summed E-state index contributed by atoms with van der Waals surface area (Å²) < 4.78 is 24.3. The number of halogens is 1. The van der Waals surface area contributed by atoms with Gasteiger partial charge in [0.1, 0.15) is 17.3 Å². The second kappa shape index (κ2) is 6.59. The molecular weight excluding hydrogens is 269 g/mol. The lowest BCUT2D eigenvalue weighted by Gasteiger charge is -2.17. The summed E-state index contributed by atoms with van der Waals surface area (Å²) in [4.78, 5) is 0. The van der Waals surface area contributed by atoms with Crippen LogP contribution >= 0.6 is 0 Å². The molecule has 1 unspecified atom stereocenters.